The van der Waals surface area contributed by atoms with Crippen LogP contribution in [-0.4, -0.2) is 46.3 Å². The molecule has 0 spiro atoms. The van der Waals surface area contributed by atoms with Gasteiger partial charge in [-0.1, -0.05) is 17.7 Å². The van der Waals surface area contributed by atoms with Crippen LogP contribution in [0.25, 0.3) is 11.5 Å². The summed E-state index contributed by atoms with van der Waals surface area (Å²) in [5, 5.41) is 7.83. The van der Waals surface area contributed by atoms with E-state index in [0.717, 1.165) is 36.5 Å². The van der Waals surface area contributed by atoms with Gasteiger partial charge in [0.05, 0.1) is 6.26 Å². The van der Waals surface area contributed by atoms with Crippen LogP contribution in [0, 0.1) is 12.8 Å². The molecule has 3 aliphatic heterocycles. The van der Waals surface area contributed by atoms with E-state index in [4.69, 9.17) is 4.42 Å². The molecular formula is C24H28N4O2. The molecule has 0 radical (unpaired) electrons. The first-order valence-electron chi connectivity index (χ1n) is 10.7. The van der Waals surface area contributed by atoms with Crippen LogP contribution < -0.4 is 5.32 Å². The van der Waals surface area contributed by atoms with Gasteiger partial charge in [-0.05, 0) is 62.6 Å². The van der Waals surface area contributed by atoms with E-state index in [1.807, 2.05) is 55.1 Å². The van der Waals surface area contributed by atoms with Gasteiger partial charge in [0, 0.05) is 43.4 Å². The van der Waals surface area contributed by atoms with E-state index in [1.54, 1.807) is 6.26 Å². The largest absolute Gasteiger partial charge is 0.463 e. The Hall–Kier alpha value is -2.86. The second-order valence-electron chi connectivity index (χ2n) is 8.67. The lowest BCUT2D eigenvalue weighted by Gasteiger charge is -2.50. The van der Waals surface area contributed by atoms with Gasteiger partial charge in [-0.2, -0.15) is 5.10 Å². The Bertz CT molecular complexity index is 1020. The standard InChI is InChI=1S/C24H28N4O2/c1-16-5-7-17(8-6-16)24(29)25-14-19-12-18-9-10-28(19)15-20(18)22-13-21(26-27(22)2)23-4-3-11-30-23/h3-8,11,13,18-20H,9-10,12,14-15H2,1-2H3,(H,25,29)/t18-,19-,20+/m1/s1. The van der Waals surface area contributed by atoms with Crippen LogP contribution in [0.5, 0.6) is 0 Å². The zero-order valence-electron chi connectivity index (χ0n) is 17.5. The Morgan fingerprint density at radius 1 is 1.27 bits per heavy atom. The molecule has 6 heteroatoms. The highest BCUT2D eigenvalue weighted by molar-refractivity contribution is 5.94. The number of furan rings is 1. The van der Waals surface area contributed by atoms with Crippen LogP contribution >= 0.6 is 0 Å². The minimum atomic E-state index is 0.0175. The number of piperidine rings is 3. The molecule has 1 aromatic carbocycles. The second-order valence-corrected chi connectivity index (χ2v) is 8.67. The van der Waals surface area contributed by atoms with Gasteiger partial charge in [-0.25, -0.2) is 0 Å². The fraction of sp³-hybridized carbons (Fsp3) is 0.417. The van der Waals surface area contributed by atoms with Crippen LogP contribution in [0.1, 0.15) is 40.4 Å². The maximum Gasteiger partial charge on any atom is 0.251 e. The van der Waals surface area contributed by atoms with Gasteiger partial charge < -0.3 is 9.73 Å². The topological polar surface area (TPSA) is 63.3 Å². The van der Waals surface area contributed by atoms with Gasteiger partial charge >= 0.3 is 0 Å². The zero-order valence-corrected chi connectivity index (χ0v) is 17.5. The number of carbonyl (C=O) groups excluding carboxylic acids is 1. The van der Waals surface area contributed by atoms with Crippen LogP contribution in [0.15, 0.2) is 53.1 Å². The molecule has 2 bridgehead atoms. The van der Waals surface area contributed by atoms with Crippen molar-refractivity contribution in [3.8, 4) is 11.5 Å². The number of fused-ring (bicyclic) bond motifs is 3. The molecule has 3 aromatic rings. The van der Waals surface area contributed by atoms with Gasteiger partial charge in [0.15, 0.2) is 5.76 Å². The van der Waals surface area contributed by atoms with E-state index in [0.29, 0.717) is 24.4 Å². The predicted molar refractivity (Wildman–Crippen MR) is 115 cm³/mol. The van der Waals surface area contributed by atoms with Crippen LogP contribution in [-0.2, 0) is 7.05 Å². The fourth-order valence-electron chi connectivity index (χ4n) is 5.08. The van der Waals surface area contributed by atoms with E-state index in [9.17, 15) is 4.79 Å². The molecule has 1 N–H and O–H groups in total. The number of nitrogens with zero attached hydrogens (tertiary/aromatic N) is 3. The molecule has 6 nitrogen and oxygen atoms in total. The van der Waals surface area contributed by atoms with Gasteiger partial charge in [-0.3, -0.25) is 14.4 Å². The van der Waals surface area contributed by atoms with Gasteiger partial charge in [0.1, 0.15) is 5.69 Å². The summed E-state index contributed by atoms with van der Waals surface area (Å²) in [7, 11) is 2.03. The van der Waals surface area contributed by atoms with Crippen molar-refractivity contribution in [3.63, 3.8) is 0 Å². The number of benzene rings is 1. The Morgan fingerprint density at radius 2 is 2.10 bits per heavy atom. The van der Waals surface area contributed by atoms with Crippen molar-refractivity contribution >= 4 is 5.91 Å². The summed E-state index contributed by atoms with van der Waals surface area (Å²) in [6.45, 7) is 4.87. The van der Waals surface area contributed by atoms with E-state index < -0.39 is 0 Å². The van der Waals surface area contributed by atoms with Gasteiger partial charge in [0.25, 0.3) is 5.91 Å². The van der Waals surface area contributed by atoms with E-state index in [-0.39, 0.29) is 5.91 Å². The highest BCUT2D eigenvalue weighted by Crippen LogP contribution is 2.42. The molecular weight excluding hydrogens is 376 g/mol. The van der Waals surface area contributed by atoms with Crippen molar-refractivity contribution in [2.45, 2.75) is 31.7 Å². The smallest absolute Gasteiger partial charge is 0.251 e. The SMILES string of the molecule is Cc1ccc(C(=O)NC[C@H]2C[C@H]3CCN2C[C@@H]3c2cc(-c3ccco3)nn2C)cc1. The zero-order chi connectivity index (χ0) is 20.7. The minimum absolute atomic E-state index is 0.0175. The molecule has 3 fully saturated rings. The third-order valence-corrected chi connectivity index (χ3v) is 6.76. The molecule has 0 aliphatic carbocycles. The molecule has 1 amide bonds. The monoisotopic (exact) mass is 404 g/mol. The first-order valence-corrected chi connectivity index (χ1v) is 10.7. The normalized spacial score (nSPS) is 25.4. The molecule has 156 valence electrons. The van der Waals surface area contributed by atoms with Crippen molar-refractivity contribution < 1.29 is 9.21 Å². The van der Waals surface area contributed by atoms with E-state index in [1.165, 1.54) is 17.7 Å². The molecule has 30 heavy (non-hydrogen) atoms. The number of hydrogen-bond donors (Lipinski definition) is 1. The maximum absolute atomic E-state index is 12.5. The summed E-state index contributed by atoms with van der Waals surface area (Å²) in [5.41, 5.74) is 4.07. The van der Waals surface area contributed by atoms with E-state index >= 15 is 0 Å². The third-order valence-electron chi connectivity index (χ3n) is 6.76. The highest BCUT2D eigenvalue weighted by atomic mass is 16.3. The molecule has 3 aliphatic rings. The summed E-state index contributed by atoms with van der Waals surface area (Å²) in [4.78, 5) is 15.0. The quantitative estimate of drug-likeness (QED) is 0.706. The molecule has 4 atom stereocenters. The minimum Gasteiger partial charge on any atom is -0.463 e. The number of carbonyl (C=O) groups is 1. The van der Waals surface area contributed by atoms with Crippen molar-refractivity contribution in [3.05, 3.63) is 65.5 Å². The van der Waals surface area contributed by atoms with Crippen molar-refractivity contribution in [2.24, 2.45) is 13.0 Å². The Labute approximate surface area is 176 Å². The molecule has 0 saturated carbocycles. The Morgan fingerprint density at radius 3 is 2.80 bits per heavy atom. The van der Waals surface area contributed by atoms with Gasteiger partial charge in [0.2, 0.25) is 0 Å². The number of amides is 1. The first kappa shape index (κ1) is 19.1. The van der Waals surface area contributed by atoms with Crippen LogP contribution in [0.4, 0.5) is 0 Å². The maximum atomic E-state index is 12.5. The number of hydrogen-bond acceptors (Lipinski definition) is 4. The average Bonchev–Trinajstić information content (AvgIpc) is 3.43. The lowest BCUT2D eigenvalue weighted by molar-refractivity contribution is 0.0280. The fourth-order valence-corrected chi connectivity index (χ4v) is 5.08. The van der Waals surface area contributed by atoms with Gasteiger partial charge in [-0.15, -0.1) is 0 Å². The van der Waals surface area contributed by atoms with Crippen molar-refractivity contribution in [1.29, 1.82) is 0 Å². The molecule has 5 heterocycles. The average molecular weight is 405 g/mol. The van der Waals surface area contributed by atoms with E-state index in [2.05, 4.69) is 21.4 Å². The second kappa shape index (κ2) is 7.76. The number of aromatic nitrogens is 2. The van der Waals surface area contributed by atoms with Crippen LogP contribution in [0.3, 0.4) is 0 Å². The highest BCUT2D eigenvalue weighted by Gasteiger charge is 2.41. The van der Waals surface area contributed by atoms with Crippen molar-refractivity contribution in [2.75, 3.05) is 19.6 Å². The first-order chi connectivity index (χ1) is 14.6. The lowest BCUT2D eigenvalue weighted by Crippen LogP contribution is -2.56. The third kappa shape index (κ3) is 3.56. The summed E-state index contributed by atoms with van der Waals surface area (Å²) >= 11 is 0. The Balaban J connectivity index is 1.24. The summed E-state index contributed by atoms with van der Waals surface area (Å²) in [5.74, 6) is 1.93. The summed E-state index contributed by atoms with van der Waals surface area (Å²) < 4.78 is 7.54. The Kier molecular flexibility index (Phi) is 4.95. The van der Waals surface area contributed by atoms with Crippen LogP contribution in [0.2, 0.25) is 0 Å². The summed E-state index contributed by atoms with van der Waals surface area (Å²) in [6, 6.07) is 14.2. The number of aryl methyl sites for hydroxylation is 2. The summed E-state index contributed by atoms with van der Waals surface area (Å²) in [6.07, 6.45) is 4.00. The van der Waals surface area contributed by atoms with Crippen molar-refractivity contribution in [1.82, 2.24) is 20.0 Å². The predicted octanol–water partition coefficient (Wildman–Crippen LogP) is 3.60. The number of rotatable bonds is 5. The molecule has 3 saturated heterocycles. The number of nitrogens with one attached hydrogen (secondary N) is 1. The lowest BCUT2D eigenvalue weighted by atomic mass is 9.74. The molecule has 1 unspecified atom stereocenters. The molecule has 2 aromatic heterocycles. The molecule has 6 rings (SSSR count).